The first-order chi connectivity index (χ1) is 8.39. The van der Waals surface area contributed by atoms with Crippen LogP contribution in [0, 0.1) is 0 Å². The molecule has 0 bridgehead atoms. The Labute approximate surface area is 109 Å². The summed E-state index contributed by atoms with van der Waals surface area (Å²) in [6.07, 6.45) is 3.96. The summed E-state index contributed by atoms with van der Waals surface area (Å²) in [5, 5.41) is 3.34. The zero-order valence-electron chi connectivity index (χ0n) is 11.0. The van der Waals surface area contributed by atoms with Crippen molar-refractivity contribution >= 4 is 10.4 Å². The number of hydrogen-bond donors (Lipinski definition) is 2. The Bertz CT molecular complexity index is 322. The van der Waals surface area contributed by atoms with E-state index in [2.05, 4.69) is 23.0 Å². The minimum absolute atomic E-state index is 0.0289. The zero-order chi connectivity index (χ0) is 14.1. The van der Waals surface area contributed by atoms with Crippen LogP contribution >= 0.6 is 0 Å². The summed E-state index contributed by atoms with van der Waals surface area (Å²) in [6, 6.07) is 0. The van der Waals surface area contributed by atoms with Crippen LogP contribution in [0.25, 0.3) is 0 Å². The van der Waals surface area contributed by atoms with Gasteiger partial charge < -0.3 is 10.1 Å². The minimum Gasteiger partial charge on any atom is -0.372 e. The van der Waals surface area contributed by atoms with E-state index in [1.54, 1.807) is 0 Å². The Morgan fingerprint density at radius 1 is 1.56 bits per heavy atom. The summed E-state index contributed by atoms with van der Waals surface area (Å²) in [4.78, 5) is 0. The topological polar surface area (TPSA) is 84.9 Å². The van der Waals surface area contributed by atoms with E-state index < -0.39 is 10.4 Å². The Kier molecular flexibility index (Phi) is 8.38. The molecule has 0 spiro atoms. The van der Waals surface area contributed by atoms with Crippen LogP contribution in [0.2, 0.25) is 0 Å². The fourth-order valence-corrected chi connectivity index (χ4v) is 1.92. The summed E-state index contributed by atoms with van der Waals surface area (Å²) in [7, 11) is -4.17. The first kappa shape index (κ1) is 17.5. The van der Waals surface area contributed by atoms with Gasteiger partial charge in [0.2, 0.25) is 0 Å². The molecule has 1 unspecified atom stereocenters. The number of nitrogens with one attached hydrogen (secondary N) is 1. The second-order valence-corrected chi connectivity index (χ2v) is 4.98. The lowest BCUT2D eigenvalue weighted by atomic mass is 9.95. The van der Waals surface area contributed by atoms with Crippen LogP contribution in [-0.2, 0) is 19.3 Å². The lowest BCUT2D eigenvalue weighted by molar-refractivity contribution is -0.0658. The van der Waals surface area contributed by atoms with Crippen molar-refractivity contribution in [2.24, 2.45) is 0 Å². The lowest BCUT2D eigenvalue weighted by Gasteiger charge is -2.36. The molecule has 2 N–H and O–H groups in total. The molecule has 108 valence electrons. The van der Waals surface area contributed by atoms with Crippen LogP contribution < -0.4 is 5.32 Å². The van der Waals surface area contributed by atoms with Gasteiger partial charge in [0.15, 0.2) is 0 Å². The quantitative estimate of drug-likeness (QED) is 0.581. The summed E-state index contributed by atoms with van der Waals surface area (Å²) >= 11 is 0. The third kappa shape index (κ3) is 7.78. The molecule has 0 aromatic rings. The van der Waals surface area contributed by atoms with E-state index in [0.717, 1.165) is 32.5 Å². The maximum atomic E-state index is 9.56. The highest BCUT2D eigenvalue weighted by Gasteiger charge is 2.29. The van der Waals surface area contributed by atoms with Gasteiger partial charge >= 0.3 is 10.4 Å². The summed E-state index contributed by atoms with van der Waals surface area (Å²) in [6.45, 7) is 10.1. The van der Waals surface area contributed by atoms with Crippen molar-refractivity contribution in [1.29, 1.82) is 0 Å². The second-order valence-electron chi connectivity index (χ2n) is 3.89. The average molecular weight is 281 g/mol. The van der Waals surface area contributed by atoms with Crippen LogP contribution in [0.4, 0.5) is 0 Å². The molecule has 0 aliphatic carbocycles. The van der Waals surface area contributed by atoms with E-state index in [1.807, 2.05) is 6.08 Å². The van der Waals surface area contributed by atoms with Gasteiger partial charge in [0, 0.05) is 13.1 Å². The Morgan fingerprint density at radius 2 is 2.22 bits per heavy atom. The SMILES string of the molecule is C=CCC1(CC)CNCCO1.CCOS(=O)(=O)O. The van der Waals surface area contributed by atoms with Gasteiger partial charge in [-0.15, -0.1) is 6.58 Å². The van der Waals surface area contributed by atoms with Crippen LogP contribution in [0.5, 0.6) is 0 Å². The van der Waals surface area contributed by atoms with Crippen LogP contribution in [0.3, 0.4) is 0 Å². The summed E-state index contributed by atoms with van der Waals surface area (Å²) < 4.78 is 36.4. The van der Waals surface area contributed by atoms with E-state index in [-0.39, 0.29) is 12.2 Å². The standard InChI is InChI=1S/C9H17NO.C2H6O4S/c1-3-5-9(4-2)8-10-6-7-11-9;1-2-6-7(3,4)5/h3,10H,1,4-8H2,2H3;2H2,1H3,(H,3,4,5). The number of morpholine rings is 1. The molecular formula is C11H23NO5S. The molecule has 1 aliphatic rings. The molecule has 0 saturated carbocycles. The smallest absolute Gasteiger partial charge is 0.372 e. The summed E-state index contributed by atoms with van der Waals surface area (Å²) in [5.41, 5.74) is 0.0417. The van der Waals surface area contributed by atoms with E-state index in [1.165, 1.54) is 6.92 Å². The van der Waals surface area contributed by atoms with E-state index in [9.17, 15) is 8.42 Å². The zero-order valence-corrected chi connectivity index (χ0v) is 11.8. The van der Waals surface area contributed by atoms with Gasteiger partial charge in [0.1, 0.15) is 0 Å². The van der Waals surface area contributed by atoms with Crippen molar-refractivity contribution < 1.29 is 21.9 Å². The van der Waals surface area contributed by atoms with Crippen molar-refractivity contribution in [3.8, 4) is 0 Å². The van der Waals surface area contributed by atoms with Gasteiger partial charge in [0.05, 0.1) is 18.8 Å². The predicted molar refractivity (Wildman–Crippen MR) is 69.8 cm³/mol. The van der Waals surface area contributed by atoms with Gasteiger partial charge in [-0.05, 0) is 19.8 Å². The minimum atomic E-state index is -4.17. The number of hydrogen-bond acceptors (Lipinski definition) is 5. The molecule has 0 aromatic carbocycles. The third-order valence-corrected chi connectivity index (χ3v) is 3.10. The molecule has 7 heteroatoms. The molecule has 1 aliphatic heterocycles. The Hall–Kier alpha value is -0.470. The molecule has 0 amide bonds. The van der Waals surface area contributed by atoms with Gasteiger partial charge in [0.25, 0.3) is 0 Å². The normalized spacial score (nSPS) is 23.9. The van der Waals surface area contributed by atoms with Crippen molar-refractivity contribution in [1.82, 2.24) is 5.32 Å². The van der Waals surface area contributed by atoms with Gasteiger partial charge in [-0.3, -0.25) is 4.55 Å². The molecule has 18 heavy (non-hydrogen) atoms. The molecule has 1 rings (SSSR count). The maximum absolute atomic E-state index is 9.56. The lowest BCUT2D eigenvalue weighted by Crippen LogP contribution is -2.49. The largest absolute Gasteiger partial charge is 0.397 e. The highest BCUT2D eigenvalue weighted by Crippen LogP contribution is 2.21. The summed E-state index contributed by atoms with van der Waals surface area (Å²) in [5.74, 6) is 0. The fraction of sp³-hybridized carbons (Fsp3) is 0.818. The second kappa shape index (κ2) is 8.60. The van der Waals surface area contributed by atoms with Crippen molar-refractivity contribution in [3.63, 3.8) is 0 Å². The molecule has 0 aromatic heterocycles. The number of ether oxygens (including phenoxy) is 1. The van der Waals surface area contributed by atoms with E-state index >= 15 is 0 Å². The maximum Gasteiger partial charge on any atom is 0.397 e. The monoisotopic (exact) mass is 281 g/mol. The predicted octanol–water partition coefficient (Wildman–Crippen LogP) is 1.16. The molecular weight excluding hydrogens is 258 g/mol. The van der Waals surface area contributed by atoms with Crippen LogP contribution in [0.1, 0.15) is 26.7 Å². The van der Waals surface area contributed by atoms with Gasteiger partial charge in [-0.2, -0.15) is 8.42 Å². The Morgan fingerprint density at radius 3 is 2.50 bits per heavy atom. The van der Waals surface area contributed by atoms with Gasteiger partial charge in [-0.25, -0.2) is 4.18 Å². The Balaban J connectivity index is 0.000000360. The molecule has 6 nitrogen and oxygen atoms in total. The first-order valence-corrected chi connectivity index (χ1v) is 7.33. The fourth-order valence-electron chi connectivity index (χ4n) is 1.62. The third-order valence-electron chi connectivity index (χ3n) is 2.56. The van der Waals surface area contributed by atoms with Gasteiger partial charge in [-0.1, -0.05) is 13.0 Å². The van der Waals surface area contributed by atoms with Crippen molar-refractivity contribution in [3.05, 3.63) is 12.7 Å². The molecule has 1 saturated heterocycles. The number of rotatable bonds is 5. The van der Waals surface area contributed by atoms with Crippen molar-refractivity contribution in [2.45, 2.75) is 32.3 Å². The molecule has 0 radical (unpaired) electrons. The highest BCUT2D eigenvalue weighted by atomic mass is 32.3. The van der Waals surface area contributed by atoms with E-state index in [4.69, 9.17) is 9.29 Å². The first-order valence-electron chi connectivity index (χ1n) is 5.96. The molecule has 1 atom stereocenters. The van der Waals surface area contributed by atoms with Crippen LogP contribution in [0.15, 0.2) is 12.7 Å². The average Bonchev–Trinajstić information content (AvgIpc) is 2.30. The van der Waals surface area contributed by atoms with Crippen molar-refractivity contribution in [2.75, 3.05) is 26.3 Å². The van der Waals surface area contributed by atoms with Crippen LogP contribution in [-0.4, -0.2) is 44.9 Å². The highest BCUT2D eigenvalue weighted by molar-refractivity contribution is 7.80. The molecule has 1 heterocycles. The molecule has 1 fully saturated rings. The van der Waals surface area contributed by atoms with E-state index in [0.29, 0.717) is 0 Å².